The van der Waals surface area contributed by atoms with Crippen molar-refractivity contribution >= 4 is 12.0 Å². The molecule has 1 rings (SSSR count). The predicted molar refractivity (Wildman–Crippen MR) is 66.7 cm³/mol. The normalized spacial score (nSPS) is 12.7. The first kappa shape index (κ1) is 18.1. The van der Waals surface area contributed by atoms with Gasteiger partial charge in [0.2, 0.25) is 0 Å². The summed E-state index contributed by atoms with van der Waals surface area (Å²) in [7, 11) is 0. The van der Waals surface area contributed by atoms with E-state index in [2.05, 4.69) is 4.74 Å². The molecule has 0 unspecified atom stereocenters. The lowest BCUT2D eigenvalue weighted by Gasteiger charge is -2.12. The molecule has 122 valence electrons. The molecule has 0 spiro atoms. The van der Waals surface area contributed by atoms with Gasteiger partial charge in [0, 0.05) is 0 Å². The molecule has 0 fully saturated rings. The Balaban J connectivity index is 3.09. The van der Waals surface area contributed by atoms with Crippen LogP contribution in [-0.2, 0) is 21.9 Å². The van der Waals surface area contributed by atoms with Crippen LogP contribution in [0.1, 0.15) is 30.0 Å². The zero-order valence-electron chi connectivity index (χ0n) is 11.4. The minimum absolute atomic E-state index is 0.0443. The van der Waals surface area contributed by atoms with Crippen LogP contribution in [0.5, 0.6) is 0 Å². The molecule has 0 atom stereocenters. The maximum Gasteiger partial charge on any atom is 0.416 e. The highest BCUT2D eigenvalue weighted by molar-refractivity contribution is 5.72. The quantitative estimate of drug-likeness (QED) is 0.593. The van der Waals surface area contributed by atoms with Crippen molar-refractivity contribution in [1.82, 2.24) is 0 Å². The van der Waals surface area contributed by atoms with Crippen LogP contribution in [0.2, 0.25) is 0 Å². The maximum absolute atomic E-state index is 12.6. The van der Waals surface area contributed by atoms with Gasteiger partial charge in [0.1, 0.15) is 0 Å². The summed E-state index contributed by atoms with van der Waals surface area (Å²) in [6, 6.07) is 1.20. The molecular weight excluding hydrogens is 314 g/mol. The van der Waals surface area contributed by atoms with Crippen LogP contribution in [0.15, 0.2) is 24.3 Å². The summed E-state index contributed by atoms with van der Waals surface area (Å²) < 4.78 is 80.3. The smallest absolute Gasteiger partial charge is 0.416 e. The molecule has 1 aromatic carbocycles. The predicted octanol–water partition coefficient (Wildman–Crippen LogP) is 4.69. The molecule has 0 aromatic heterocycles. The van der Waals surface area contributed by atoms with Gasteiger partial charge in [-0.15, -0.1) is 0 Å². The zero-order valence-corrected chi connectivity index (χ0v) is 11.4. The standard InChI is InChI=1S/C14H12F6O2/c1-2-22-12(21)5-3-4-9-6-10(13(15,16)17)8-11(7-9)14(18,19)20/h3-4,6-8H,2,5H2,1H3. The van der Waals surface area contributed by atoms with Crippen LogP contribution >= 0.6 is 0 Å². The molecule has 0 bridgehead atoms. The van der Waals surface area contributed by atoms with Crippen molar-refractivity contribution in [2.45, 2.75) is 25.7 Å². The topological polar surface area (TPSA) is 26.3 Å². The van der Waals surface area contributed by atoms with Gasteiger partial charge in [-0.3, -0.25) is 4.79 Å². The van der Waals surface area contributed by atoms with E-state index in [0.717, 1.165) is 12.2 Å². The van der Waals surface area contributed by atoms with Gasteiger partial charge >= 0.3 is 18.3 Å². The van der Waals surface area contributed by atoms with Crippen LogP contribution < -0.4 is 0 Å². The summed E-state index contributed by atoms with van der Waals surface area (Å²) in [6.07, 6.45) is -7.88. The Labute approximate surface area is 122 Å². The van der Waals surface area contributed by atoms with Crippen LogP contribution in [-0.4, -0.2) is 12.6 Å². The molecule has 1 aromatic rings. The molecule has 0 N–H and O–H groups in total. The van der Waals surface area contributed by atoms with E-state index in [0.29, 0.717) is 12.1 Å². The third-order valence-corrected chi connectivity index (χ3v) is 2.51. The fraction of sp³-hybridized carbons (Fsp3) is 0.357. The number of hydrogen-bond donors (Lipinski definition) is 0. The monoisotopic (exact) mass is 326 g/mol. The third-order valence-electron chi connectivity index (χ3n) is 2.51. The molecule has 0 radical (unpaired) electrons. The van der Waals surface area contributed by atoms with Crippen LogP contribution in [0, 0.1) is 0 Å². The number of halogens is 6. The van der Waals surface area contributed by atoms with Crippen molar-refractivity contribution in [3.05, 3.63) is 41.0 Å². The van der Waals surface area contributed by atoms with E-state index in [1.165, 1.54) is 0 Å². The number of ether oxygens (including phenoxy) is 1. The highest BCUT2D eigenvalue weighted by atomic mass is 19.4. The molecule has 0 heterocycles. The van der Waals surface area contributed by atoms with Gasteiger partial charge in [0.25, 0.3) is 0 Å². The molecule has 0 aliphatic carbocycles. The summed E-state index contributed by atoms with van der Waals surface area (Å²) in [5.74, 6) is -0.623. The van der Waals surface area contributed by atoms with Gasteiger partial charge in [-0.2, -0.15) is 26.3 Å². The lowest BCUT2D eigenvalue weighted by atomic mass is 10.0. The van der Waals surface area contributed by atoms with Gasteiger partial charge < -0.3 is 4.74 Å². The van der Waals surface area contributed by atoms with Crippen molar-refractivity contribution in [3.63, 3.8) is 0 Å². The van der Waals surface area contributed by atoms with E-state index in [4.69, 9.17) is 0 Å². The second-order valence-corrected chi connectivity index (χ2v) is 4.25. The molecule has 2 nitrogen and oxygen atoms in total. The molecule has 0 amide bonds. The van der Waals surface area contributed by atoms with Gasteiger partial charge in [-0.1, -0.05) is 12.2 Å². The van der Waals surface area contributed by atoms with Gasteiger partial charge in [-0.05, 0) is 30.7 Å². The molecule has 8 heteroatoms. The van der Waals surface area contributed by atoms with E-state index in [1.54, 1.807) is 6.92 Å². The van der Waals surface area contributed by atoms with Gasteiger partial charge in [-0.25, -0.2) is 0 Å². The number of rotatable bonds is 4. The number of esters is 1. The first-order chi connectivity index (χ1) is 10.0. The molecule has 0 saturated heterocycles. The Morgan fingerprint density at radius 1 is 1.05 bits per heavy atom. The van der Waals surface area contributed by atoms with E-state index in [-0.39, 0.29) is 24.7 Å². The van der Waals surface area contributed by atoms with Crippen LogP contribution in [0.25, 0.3) is 6.08 Å². The SMILES string of the molecule is CCOC(=O)CC=Cc1cc(C(F)(F)F)cc(C(F)(F)F)c1. The van der Waals surface area contributed by atoms with E-state index >= 15 is 0 Å². The molecule has 22 heavy (non-hydrogen) atoms. The average Bonchev–Trinajstić information content (AvgIpc) is 2.36. The molecular formula is C14H12F6O2. The molecule has 0 aliphatic heterocycles. The summed E-state index contributed by atoms with van der Waals surface area (Å²) in [5.41, 5.74) is -3.11. The Morgan fingerprint density at radius 2 is 1.55 bits per heavy atom. The van der Waals surface area contributed by atoms with Crippen LogP contribution in [0.3, 0.4) is 0 Å². The first-order valence-corrected chi connectivity index (χ1v) is 6.15. The second kappa shape index (κ2) is 6.85. The lowest BCUT2D eigenvalue weighted by Crippen LogP contribution is -2.11. The van der Waals surface area contributed by atoms with E-state index in [9.17, 15) is 31.1 Å². The van der Waals surface area contributed by atoms with Gasteiger partial charge in [0.15, 0.2) is 0 Å². The van der Waals surface area contributed by atoms with E-state index in [1.807, 2.05) is 0 Å². The van der Waals surface area contributed by atoms with Crippen LogP contribution in [0.4, 0.5) is 26.3 Å². The Bertz CT molecular complexity index is 525. The van der Waals surface area contributed by atoms with Gasteiger partial charge in [0.05, 0.1) is 24.2 Å². The summed E-state index contributed by atoms with van der Waals surface area (Å²) >= 11 is 0. The fourth-order valence-electron chi connectivity index (χ4n) is 1.59. The minimum atomic E-state index is -4.90. The Kier molecular flexibility index (Phi) is 5.62. The summed E-state index contributed by atoms with van der Waals surface area (Å²) in [4.78, 5) is 11.1. The van der Waals surface area contributed by atoms with Crippen molar-refractivity contribution in [2.75, 3.05) is 6.61 Å². The molecule has 0 aliphatic rings. The zero-order chi connectivity index (χ0) is 17.0. The largest absolute Gasteiger partial charge is 0.466 e. The number of carbonyl (C=O) groups is 1. The Morgan fingerprint density at radius 3 is 1.95 bits per heavy atom. The van der Waals surface area contributed by atoms with Crippen molar-refractivity contribution in [3.8, 4) is 0 Å². The number of alkyl halides is 6. The summed E-state index contributed by atoms with van der Waals surface area (Å²) in [5, 5.41) is 0. The molecule has 0 saturated carbocycles. The lowest BCUT2D eigenvalue weighted by molar-refractivity contribution is -0.144. The first-order valence-electron chi connectivity index (χ1n) is 6.15. The minimum Gasteiger partial charge on any atom is -0.466 e. The third kappa shape index (κ3) is 5.42. The summed E-state index contributed by atoms with van der Waals surface area (Å²) in [6.45, 7) is 1.71. The number of carbonyl (C=O) groups excluding carboxylic acids is 1. The highest BCUT2D eigenvalue weighted by Crippen LogP contribution is 2.36. The maximum atomic E-state index is 12.6. The fourth-order valence-corrected chi connectivity index (χ4v) is 1.59. The Hall–Kier alpha value is -1.99. The van der Waals surface area contributed by atoms with E-state index < -0.39 is 29.4 Å². The van der Waals surface area contributed by atoms with Crippen molar-refractivity contribution < 1.29 is 35.9 Å². The number of hydrogen-bond acceptors (Lipinski definition) is 2. The number of benzene rings is 1. The average molecular weight is 326 g/mol. The second-order valence-electron chi connectivity index (χ2n) is 4.25. The highest BCUT2D eigenvalue weighted by Gasteiger charge is 2.36. The van der Waals surface area contributed by atoms with Crippen molar-refractivity contribution in [1.29, 1.82) is 0 Å². The van der Waals surface area contributed by atoms with Crippen molar-refractivity contribution in [2.24, 2.45) is 0 Å².